The Labute approximate surface area is 159 Å². The van der Waals surface area contributed by atoms with Crippen molar-refractivity contribution < 1.29 is 5.11 Å². The third-order valence-electron chi connectivity index (χ3n) is 5.11. The number of rotatable bonds is 3. The summed E-state index contributed by atoms with van der Waals surface area (Å²) in [5, 5.41) is 18.4. The lowest BCUT2D eigenvalue weighted by Crippen LogP contribution is -2.23. The predicted molar refractivity (Wildman–Crippen MR) is 110 cm³/mol. The van der Waals surface area contributed by atoms with Crippen LogP contribution in [0.3, 0.4) is 0 Å². The number of nitrogens with zero attached hydrogens (tertiary/aromatic N) is 2. The lowest BCUT2D eigenvalue weighted by Gasteiger charge is -2.20. The molecule has 0 bridgehead atoms. The molecule has 1 fully saturated rings. The van der Waals surface area contributed by atoms with E-state index >= 15 is 0 Å². The Bertz CT molecular complexity index is 972. The van der Waals surface area contributed by atoms with Crippen molar-refractivity contribution in [2.45, 2.75) is 38.6 Å². The number of aromatic nitrogens is 2. The number of nitrogens with one attached hydrogen (secondary N) is 2. The van der Waals surface area contributed by atoms with Gasteiger partial charge < -0.3 is 15.7 Å². The van der Waals surface area contributed by atoms with Crippen molar-refractivity contribution >= 4 is 16.7 Å². The molecule has 0 aliphatic carbocycles. The fraction of sp³-hybridized carbons (Fsp3) is 0.364. The van der Waals surface area contributed by atoms with Crippen molar-refractivity contribution in [3.05, 3.63) is 48.0 Å². The van der Waals surface area contributed by atoms with Crippen molar-refractivity contribution in [1.82, 2.24) is 15.3 Å². The average Bonchev–Trinajstić information content (AvgIpc) is 3.14. The third kappa shape index (κ3) is 3.60. The number of benzene rings is 2. The minimum atomic E-state index is -0.0180. The highest BCUT2D eigenvalue weighted by Gasteiger charge is 2.20. The standard InChI is InChI=1S/C22H26N4O/c1-22(2,3)14-8-9-19(27)17(12-14)21-25-18-7-5-4-6-16(18)20(26-21)24-15-10-11-23-13-15/h4-9,12,15,23,27H,10-11,13H2,1-3H3,(H,24,25,26)/t15-/m0/s1. The first-order chi connectivity index (χ1) is 12.9. The van der Waals surface area contributed by atoms with Crippen LogP contribution in [0.1, 0.15) is 32.8 Å². The van der Waals surface area contributed by atoms with Gasteiger partial charge in [0.25, 0.3) is 0 Å². The van der Waals surface area contributed by atoms with Gasteiger partial charge in [0.1, 0.15) is 11.6 Å². The summed E-state index contributed by atoms with van der Waals surface area (Å²) in [6, 6.07) is 14.1. The van der Waals surface area contributed by atoms with Crippen LogP contribution in [0.4, 0.5) is 5.82 Å². The van der Waals surface area contributed by atoms with Gasteiger partial charge in [-0.05, 0) is 48.2 Å². The Kier molecular flexibility index (Phi) is 4.48. The second-order valence-electron chi connectivity index (χ2n) is 8.23. The van der Waals surface area contributed by atoms with E-state index in [1.807, 2.05) is 36.4 Å². The summed E-state index contributed by atoms with van der Waals surface area (Å²) in [4.78, 5) is 9.55. The van der Waals surface area contributed by atoms with E-state index in [2.05, 4.69) is 31.4 Å². The highest BCUT2D eigenvalue weighted by Crippen LogP contribution is 2.34. The van der Waals surface area contributed by atoms with Crippen LogP contribution < -0.4 is 10.6 Å². The molecule has 0 radical (unpaired) electrons. The molecule has 1 atom stereocenters. The second kappa shape index (κ2) is 6.82. The number of hydrogen-bond acceptors (Lipinski definition) is 5. The van der Waals surface area contributed by atoms with Crippen LogP contribution in [0, 0.1) is 0 Å². The van der Waals surface area contributed by atoms with Crippen molar-refractivity contribution in [2.24, 2.45) is 0 Å². The van der Waals surface area contributed by atoms with Gasteiger partial charge in [-0.2, -0.15) is 0 Å². The van der Waals surface area contributed by atoms with Crippen molar-refractivity contribution in [3.63, 3.8) is 0 Å². The summed E-state index contributed by atoms with van der Waals surface area (Å²) >= 11 is 0. The molecule has 3 N–H and O–H groups in total. The SMILES string of the molecule is CC(C)(C)c1ccc(O)c(-c2nc(N[C@H]3CCNC3)c3ccccc3n2)c1. The molecule has 1 aliphatic rings. The van der Waals surface area contributed by atoms with Gasteiger partial charge in [0, 0.05) is 18.0 Å². The Morgan fingerprint density at radius 3 is 2.67 bits per heavy atom. The molecule has 2 heterocycles. The van der Waals surface area contributed by atoms with Crippen molar-refractivity contribution in [2.75, 3.05) is 18.4 Å². The summed E-state index contributed by atoms with van der Waals surface area (Å²) in [6.45, 7) is 8.42. The zero-order valence-corrected chi connectivity index (χ0v) is 16.1. The minimum Gasteiger partial charge on any atom is -0.507 e. The summed E-state index contributed by atoms with van der Waals surface area (Å²) in [7, 11) is 0. The summed E-state index contributed by atoms with van der Waals surface area (Å²) in [5.74, 6) is 1.57. The van der Waals surface area contributed by atoms with E-state index in [9.17, 15) is 5.11 Å². The van der Waals surface area contributed by atoms with Crippen LogP contribution in [0.15, 0.2) is 42.5 Å². The van der Waals surface area contributed by atoms with E-state index in [1.54, 1.807) is 6.07 Å². The van der Waals surface area contributed by atoms with Gasteiger partial charge in [0.2, 0.25) is 0 Å². The molecular weight excluding hydrogens is 336 g/mol. The molecule has 1 aliphatic heterocycles. The Hall–Kier alpha value is -2.66. The zero-order valence-electron chi connectivity index (χ0n) is 16.1. The van der Waals surface area contributed by atoms with Crippen LogP contribution in [-0.4, -0.2) is 34.2 Å². The molecule has 140 valence electrons. The molecule has 0 spiro atoms. The normalized spacial score (nSPS) is 17.4. The van der Waals surface area contributed by atoms with Crippen LogP contribution in [0.2, 0.25) is 0 Å². The number of phenolic OH excluding ortho intramolecular Hbond substituents is 1. The Balaban J connectivity index is 1.85. The van der Waals surface area contributed by atoms with E-state index in [0.29, 0.717) is 17.4 Å². The number of aromatic hydroxyl groups is 1. The monoisotopic (exact) mass is 362 g/mol. The van der Waals surface area contributed by atoms with Crippen LogP contribution in [0.5, 0.6) is 5.75 Å². The first-order valence-electron chi connectivity index (χ1n) is 9.50. The molecule has 5 nitrogen and oxygen atoms in total. The van der Waals surface area contributed by atoms with E-state index in [-0.39, 0.29) is 11.2 Å². The van der Waals surface area contributed by atoms with Crippen LogP contribution in [-0.2, 0) is 5.41 Å². The topological polar surface area (TPSA) is 70.1 Å². The fourth-order valence-electron chi connectivity index (χ4n) is 3.46. The lowest BCUT2D eigenvalue weighted by molar-refractivity contribution is 0.475. The average molecular weight is 362 g/mol. The van der Waals surface area contributed by atoms with Crippen molar-refractivity contribution in [1.29, 1.82) is 0 Å². The number of anilines is 1. The zero-order chi connectivity index (χ0) is 19.0. The maximum absolute atomic E-state index is 10.5. The van der Waals surface area contributed by atoms with E-state index in [1.165, 1.54) is 0 Å². The van der Waals surface area contributed by atoms with Gasteiger partial charge in [0.15, 0.2) is 5.82 Å². The largest absolute Gasteiger partial charge is 0.507 e. The van der Waals surface area contributed by atoms with Gasteiger partial charge in [-0.1, -0.05) is 39.0 Å². The Morgan fingerprint density at radius 2 is 1.93 bits per heavy atom. The number of fused-ring (bicyclic) bond motifs is 1. The highest BCUT2D eigenvalue weighted by atomic mass is 16.3. The number of phenols is 1. The molecule has 0 saturated carbocycles. The first-order valence-corrected chi connectivity index (χ1v) is 9.50. The summed E-state index contributed by atoms with van der Waals surface area (Å²) in [6.07, 6.45) is 1.07. The molecule has 1 saturated heterocycles. The van der Waals surface area contributed by atoms with Gasteiger partial charge in [-0.3, -0.25) is 0 Å². The van der Waals surface area contributed by atoms with Crippen LogP contribution in [0.25, 0.3) is 22.3 Å². The molecule has 2 aromatic carbocycles. The number of para-hydroxylation sites is 1. The smallest absolute Gasteiger partial charge is 0.165 e. The quantitative estimate of drug-likeness (QED) is 0.655. The molecular formula is C22H26N4O. The summed E-state index contributed by atoms with van der Waals surface area (Å²) in [5.41, 5.74) is 2.66. The van der Waals surface area contributed by atoms with E-state index in [0.717, 1.165) is 41.8 Å². The minimum absolute atomic E-state index is 0.0180. The van der Waals surface area contributed by atoms with Gasteiger partial charge in [0.05, 0.1) is 11.1 Å². The van der Waals surface area contributed by atoms with Gasteiger partial charge >= 0.3 is 0 Å². The molecule has 5 heteroatoms. The number of hydrogen-bond donors (Lipinski definition) is 3. The Morgan fingerprint density at radius 1 is 1.11 bits per heavy atom. The van der Waals surface area contributed by atoms with E-state index in [4.69, 9.17) is 9.97 Å². The molecule has 0 unspecified atom stereocenters. The molecule has 1 aromatic heterocycles. The maximum atomic E-state index is 10.5. The first kappa shape index (κ1) is 17.7. The molecule has 27 heavy (non-hydrogen) atoms. The summed E-state index contributed by atoms with van der Waals surface area (Å²) < 4.78 is 0. The second-order valence-corrected chi connectivity index (χ2v) is 8.23. The van der Waals surface area contributed by atoms with Gasteiger partial charge in [-0.25, -0.2) is 9.97 Å². The molecule has 4 rings (SSSR count). The lowest BCUT2D eigenvalue weighted by atomic mass is 9.86. The molecule has 0 amide bonds. The molecule has 3 aromatic rings. The van der Waals surface area contributed by atoms with Crippen molar-refractivity contribution in [3.8, 4) is 17.1 Å². The fourth-order valence-corrected chi connectivity index (χ4v) is 3.46. The van der Waals surface area contributed by atoms with Crippen LogP contribution >= 0.6 is 0 Å². The van der Waals surface area contributed by atoms with E-state index < -0.39 is 0 Å². The predicted octanol–water partition coefficient (Wildman–Crippen LogP) is 4.07. The highest BCUT2D eigenvalue weighted by molar-refractivity contribution is 5.91. The maximum Gasteiger partial charge on any atom is 0.165 e. The van der Waals surface area contributed by atoms with Gasteiger partial charge in [-0.15, -0.1) is 0 Å². The third-order valence-corrected chi connectivity index (χ3v) is 5.11.